The van der Waals surface area contributed by atoms with Crippen molar-refractivity contribution in [3.8, 4) is 11.1 Å². The number of benzene rings is 2. The summed E-state index contributed by atoms with van der Waals surface area (Å²) in [4.78, 5) is 17.1. The number of aromatic nitrogens is 1. The van der Waals surface area contributed by atoms with Crippen LogP contribution in [-0.2, 0) is 6.54 Å². The van der Waals surface area contributed by atoms with E-state index in [4.69, 9.17) is 16.0 Å². The second-order valence-corrected chi connectivity index (χ2v) is 6.75. The summed E-state index contributed by atoms with van der Waals surface area (Å²) in [5, 5.41) is 4.44. The van der Waals surface area contributed by atoms with Crippen LogP contribution in [0.1, 0.15) is 21.8 Å². The van der Waals surface area contributed by atoms with Gasteiger partial charge in [0.2, 0.25) is 5.76 Å². The molecule has 0 atom stereocenters. The number of amides is 1. The molecular formula is C22H17ClN2O2. The van der Waals surface area contributed by atoms with E-state index in [-0.39, 0.29) is 11.7 Å². The standard InChI is InChI=1S/C22H17ClN2O2/c1-14-5-10-19-18(12-14)20(15-6-8-16(23)9-7-15)21(27-19)22(26)25-13-17-4-2-3-11-24-17/h2-12H,13H2,1H3,(H,25,26). The first-order valence-corrected chi connectivity index (χ1v) is 8.97. The number of aryl methyl sites for hydroxylation is 1. The van der Waals surface area contributed by atoms with Crippen LogP contribution in [0.15, 0.2) is 71.3 Å². The maximum Gasteiger partial charge on any atom is 0.288 e. The molecule has 5 heteroatoms. The molecule has 27 heavy (non-hydrogen) atoms. The molecule has 0 spiro atoms. The maximum atomic E-state index is 12.9. The smallest absolute Gasteiger partial charge is 0.288 e. The summed E-state index contributed by atoms with van der Waals surface area (Å²) < 4.78 is 5.92. The van der Waals surface area contributed by atoms with Gasteiger partial charge in [-0.25, -0.2) is 0 Å². The topological polar surface area (TPSA) is 55.1 Å². The van der Waals surface area contributed by atoms with E-state index in [1.165, 1.54) is 0 Å². The quantitative estimate of drug-likeness (QED) is 0.519. The van der Waals surface area contributed by atoms with Crippen molar-refractivity contribution in [1.29, 1.82) is 0 Å². The van der Waals surface area contributed by atoms with Crippen LogP contribution in [-0.4, -0.2) is 10.9 Å². The summed E-state index contributed by atoms with van der Waals surface area (Å²) in [6.07, 6.45) is 1.70. The zero-order chi connectivity index (χ0) is 18.8. The van der Waals surface area contributed by atoms with Crippen molar-refractivity contribution >= 4 is 28.5 Å². The van der Waals surface area contributed by atoms with Crippen LogP contribution in [0.4, 0.5) is 0 Å². The summed E-state index contributed by atoms with van der Waals surface area (Å²) in [6, 6.07) is 18.9. The number of pyridine rings is 1. The lowest BCUT2D eigenvalue weighted by Crippen LogP contribution is -2.23. The van der Waals surface area contributed by atoms with Gasteiger partial charge < -0.3 is 9.73 Å². The van der Waals surface area contributed by atoms with E-state index < -0.39 is 0 Å². The van der Waals surface area contributed by atoms with Crippen LogP contribution in [0, 0.1) is 6.92 Å². The largest absolute Gasteiger partial charge is 0.450 e. The summed E-state index contributed by atoms with van der Waals surface area (Å²) in [6.45, 7) is 2.34. The Labute approximate surface area is 161 Å². The second-order valence-electron chi connectivity index (χ2n) is 6.32. The Balaban J connectivity index is 1.76. The molecule has 1 N–H and O–H groups in total. The van der Waals surface area contributed by atoms with Crippen LogP contribution in [0.25, 0.3) is 22.1 Å². The number of carbonyl (C=O) groups excluding carboxylic acids is 1. The number of carbonyl (C=O) groups is 1. The Morgan fingerprint density at radius 2 is 1.93 bits per heavy atom. The number of halogens is 1. The fraction of sp³-hybridized carbons (Fsp3) is 0.0909. The number of nitrogens with one attached hydrogen (secondary N) is 1. The molecular weight excluding hydrogens is 360 g/mol. The third kappa shape index (κ3) is 3.57. The molecule has 4 aromatic rings. The zero-order valence-electron chi connectivity index (χ0n) is 14.7. The number of furan rings is 1. The van der Waals surface area contributed by atoms with Crippen molar-refractivity contribution < 1.29 is 9.21 Å². The number of hydrogen-bond acceptors (Lipinski definition) is 3. The lowest BCUT2D eigenvalue weighted by molar-refractivity contribution is 0.0925. The van der Waals surface area contributed by atoms with Gasteiger partial charge in [0.15, 0.2) is 0 Å². The average molecular weight is 377 g/mol. The third-order valence-electron chi connectivity index (χ3n) is 4.34. The second kappa shape index (κ2) is 7.25. The highest BCUT2D eigenvalue weighted by Gasteiger charge is 2.22. The molecule has 2 aromatic carbocycles. The Morgan fingerprint density at radius 1 is 1.11 bits per heavy atom. The number of rotatable bonds is 4. The fourth-order valence-electron chi connectivity index (χ4n) is 3.03. The summed E-state index contributed by atoms with van der Waals surface area (Å²) >= 11 is 6.03. The van der Waals surface area contributed by atoms with Crippen molar-refractivity contribution in [2.24, 2.45) is 0 Å². The van der Waals surface area contributed by atoms with E-state index in [0.29, 0.717) is 17.2 Å². The van der Waals surface area contributed by atoms with Crippen molar-refractivity contribution in [3.05, 3.63) is 88.9 Å². The monoisotopic (exact) mass is 376 g/mol. The van der Waals surface area contributed by atoms with E-state index in [1.54, 1.807) is 18.3 Å². The minimum Gasteiger partial charge on any atom is -0.450 e. The van der Waals surface area contributed by atoms with Gasteiger partial charge in [0.1, 0.15) is 5.58 Å². The van der Waals surface area contributed by atoms with Crippen LogP contribution in [0.3, 0.4) is 0 Å². The molecule has 134 valence electrons. The van der Waals surface area contributed by atoms with E-state index in [0.717, 1.165) is 27.8 Å². The average Bonchev–Trinajstić information content (AvgIpc) is 3.06. The van der Waals surface area contributed by atoms with Crippen LogP contribution in [0.5, 0.6) is 0 Å². The van der Waals surface area contributed by atoms with Gasteiger partial charge in [0, 0.05) is 22.2 Å². The molecule has 0 unspecified atom stereocenters. The van der Waals surface area contributed by atoms with E-state index in [9.17, 15) is 4.79 Å². The predicted molar refractivity (Wildman–Crippen MR) is 107 cm³/mol. The molecule has 0 bridgehead atoms. The molecule has 0 aliphatic rings. The van der Waals surface area contributed by atoms with Crippen molar-refractivity contribution in [2.45, 2.75) is 13.5 Å². The normalized spacial score (nSPS) is 10.9. The Hall–Kier alpha value is -3.11. The molecule has 4 rings (SSSR count). The maximum absolute atomic E-state index is 12.9. The summed E-state index contributed by atoms with van der Waals surface area (Å²) in [5.74, 6) is 0.00769. The molecule has 4 nitrogen and oxygen atoms in total. The molecule has 2 aromatic heterocycles. The van der Waals surface area contributed by atoms with Crippen LogP contribution >= 0.6 is 11.6 Å². The molecule has 1 amide bonds. The Kier molecular flexibility index (Phi) is 4.65. The first-order chi connectivity index (χ1) is 13.1. The highest BCUT2D eigenvalue weighted by atomic mass is 35.5. The first-order valence-electron chi connectivity index (χ1n) is 8.59. The highest BCUT2D eigenvalue weighted by molar-refractivity contribution is 6.30. The van der Waals surface area contributed by atoms with Gasteiger partial charge in [-0.1, -0.05) is 41.4 Å². The minimum atomic E-state index is -0.278. The van der Waals surface area contributed by atoms with E-state index >= 15 is 0 Å². The molecule has 0 fully saturated rings. The Bertz CT molecular complexity index is 1100. The van der Waals surface area contributed by atoms with E-state index in [1.807, 2.05) is 55.5 Å². The number of hydrogen-bond donors (Lipinski definition) is 1. The lowest BCUT2D eigenvalue weighted by atomic mass is 10.0. The third-order valence-corrected chi connectivity index (χ3v) is 4.59. The van der Waals surface area contributed by atoms with Gasteiger partial charge in [0.25, 0.3) is 5.91 Å². The molecule has 0 aliphatic carbocycles. The number of fused-ring (bicyclic) bond motifs is 1. The Morgan fingerprint density at radius 3 is 2.67 bits per heavy atom. The number of nitrogens with zero attached hydrogens (tertiary/aromatic N) is 1. The van der Waals surface area contributed by atoms with Crippen LogP contribution < -0.4 is 5.32 Å². The van der Waals surface area contributed by atoms with Crippen LogP contribution in [0.2, 0.25) is 5.02 Å². The van der Waals surface area contributed by atoms with Crippen molar-refractivity contribution in [1.82, 2.24) is 10.3 Å². The molecule has 0 saturated heterocycles. The molecule has 0 aliphatic heterocycles. The van der Waals surface area contributed by atoms with Crippen molar-refractivity contribution in [2.75, 3.05) is 0 Å². The fourth-order valence-corrected chi connectivity index (χ4v) is 3.15. The highest BCUT2D eigenvalue weighted by Crippen LogP contribution is 2.36. The predicted octanol–water partition coefficient (Wildman–Crippen LogP) is 5.39. The van der Waals surface area contributed by atoms with Crippen molar-refractivity contribution in [3.63, 3.8) is 0 Å². The summed E-state index contributed by atoms with van der Waals surface area (Å²) in [5.41, 5.74) is 4.20. The van der Waals surface area contributed by atoms with Gasteiger partial charge >= 0.3 is 0 Å². The van der Waals surface area contributed by atoms with Gasteiger partial charge in [0.05, 0.1) is 12.2 Å². The minimum absolute atomic E-state index is 0.278. The molecule has 0 radical (unpaired) electrons. The molecule has 2 heterocycles. The van der Waals surface area contributed by atoms with Gasteiger partial charge in [-0.15, -0.1) is 0 Å². The van der Waals surface area contributed by atoms with Gasteiger partial charge in [-0.3, -0.25) is 9.78 Å². The molecule has 0 saturated carbocycles. The zero-order valence-corrected chi connectivity index (χ0v) is 15.5. The SMILES string of the molecule is Cc1ccc2oc(C(=O)NCc3ccccn3)c(-c3ccc(Cl)cc3)c2c1. The van der Waals surface area contributed by atoms with E-state index in [2.05, 4.69) is 10.3 Å². The first kappa shape index (κ1) is 17.3. The van der Waals surface area contributed by atoms with Gasteiger partial charge in [-0.2, -0.15) is 0 Å². The van der Waals surface area contributed by atoms with Gasteiger partial charge in [-0.05, 0) is 48.9 Å². The summed E-state index contributed by atoms with van der Waals surface area (Å²) in [7, 11) is 0. The lowest BCUT2D eigenvalue weighted by Gasteiger charge is -2.06.